The molecule has 0 aliphatic carbocycles. The zero-order chi connectivity index (χ0) is 11.2. The Morgan fingerprint density at radius 3 is 2.43 bits per heavy atom. The van der Waals surface area contributed by atoms with Crippen LogP contribution in [0, 0.1) is 0 Å². The molecule has 0 rings (SSSR count). The Labute approximate surface area is 96.1 Å². The van der Waals surface area contributed by atoms with Gasteiger partial charge in [0.25, 0.3) is 0 Å². The van der Waals surface area contributed by atoms with Gasteiger partial charge in [0.1, 0.15) is 0 Å². The minimum absolute atomic E-state index is 0.252. The van der Waals surface area contributed by atoms with Crippen LogP contribution in [-0.2, 0) is 0 Å². The number of hydrogen-bond acceptors (Lipinski definition) is 1. The van der Waals surface area contributed by atoms with E-state index in [9.17, 15) is 5.11 Å². The van der Waals surface area contributed by atoms with E-state index in [2.05, 4.69) is 22.9 Å². The molecule has 0 bridgehead atoms. The van der Waals surface area contributed by atoms with Gasteiger partial charge in [0.15, 0.2) is 0 Å². The molecule has 0 aliphatic rings. The molecule has 1 unspecified atom stereocenters. The Morgan fingerprint density at radius 1 is 1.50 bits per heavy atom. The second-order valence-electron chi connectivity index (χ2n) is 4.40. The van der Waals surface area contributed by atoms with Crippen LogP contribution in [0.3, 0.4) is 0 Å². The Bertz CT molecular complexity index is 182. The van der Waals surface area contributed by atoms with Gasteiger partial charge < -0.3 is 0 Å². The number of hydrogen-bond donors (Lipinski definition) is 1. The van der Waals surface area contributed by atoms with Crippen LogP contribution in [0.5, 0.6) is 0 Å². The van der Waals surface area contributed by atoms with Gasteiger partial charge in [-0.15, -0.1) is 0 Å². The van der Waals surface area contributed by atoms with E-state index in [0.717, 1.165) is 12.8 Å². The van der Waals surface area contributed by atoms with Crippen LogP contribution in [0.15, 0.2) is 9.67 Å². The predicted octanol–water partition coefficient (Wildman–Crippen LogP) is 3.86. The maximum absolute atomic E-state index is 9.38. The van der Waals surface area contributed by atoms with Crippen molar-refractivity contribution in [1.29, 1.82) is 0 Å². The number of rotatable bonds is 6. The first-order valence-corrected chi connectivity index (χ1v) is 16.2. The molecule has 0 aromatic carbocycles. The number of aliphatic hydroxyl groups is 1. The normalized spacial score (nSPS) is 15.7. The number of allylic oxidation sites excluding steroid dienone is 1. The standard InChI is InChI=1S/C9H17O.2CH3.ClH.Sn/c1-3-4-5-6-7-8-9(2)10;;;;/h6,9-10H,3-5,8H2,1-2H3;2*1H3;1H;/q;;;;+1/p-1. The first-order valence-electron chi connectivity index (χ1n) is 5.44. The fourth-order valence-electron chi connectivity index (χ4n) is 1.37. The van der Waals surface area contributed by atoms with Crippen molar-refractivity contribution in [3.63, 3.8) is 0 Å². The van der Waals surface area contributed by atoms with Crippen molar-refractivity contribution in [2.24, 2.45) is 0 Å². The fourth-order valence-corrected chi connectivity index (χ4v) is 6.43. The molecule has 1 nitrogen and oxygen atoms in total. The molecule has 0 heterocycles. The average molecular weight is 325 g/mol. The van der Waals surface area contributed by atoms with E-state index in [-0.39, 0.29) is 6.10 Å². The van der Waals surface area contributed by atoms with Crippen molar-refractivity contribution in [2.75, 3.05) is 0 Å². The summed E-state index contributed by atoms with van der Waals surface area (Å²) in [4.78, 5) is 4.38. The summed E-state index contributed by atoms with van der Waals surface area (Å²) in [6, 6.07) is 0. The van der Waals surface area contributed by atoms with Crippen LogP contribution in [0.1, 0.15) is 39.5 Å². The van der Waals surface area contributed by atoms with E-state index in [4.69, 9.17) is 8.92 Å². The molecule has 0 amide bonds. The van der Waals surface area contributed by atoms with Crippen LogP contribution < -0.4 is 0 Å². The van der Waals surface area contributed by atoms with E-state index in [1.165, 1.54) is 16.4 Å². The summed E-state index contributed by atoms with van der Waals surface area (Å²) < 4.78 is 1.37. The van der Waals surface area contributed by atoms with Crippen LogP contribution in [0.25, 0.3) is 0 Å². The molecule has 0 aromatic heterocycles. The molecule has 0 aromatic rings. The zero-order valence-corrected chi connectivity index (χ0v) is 13.4. The van der Waals surface area contributed by atoms with Gasteiger partial charge in [-0.2, -0.15) is 0 Å². The molecule has 0 saturated carbocycles. The van der Waals surface area contributed by atoms with Gasteiger partial charge >= 0.3 is 96.5 Å². The van der Waals surface area contributed by atoms with Crippen molar-refractivity contribution in [3.8, 4) is 0 Å². The molecule has 84 valence electrons. The second kappa shape index (κ2) is 7.13. The van der Waals surface area contributed by atoms with E-state index in [1.807, 2.05) is 6.92 Å². The molecule has 0 saturated heterocycles. The third-order valence-corrected chi connectivity index (χ3v) is 9.38. The van der Waals surface area contributed by atoms with Crippen molar-refractivity contribution >= 4 is 26.2 Å². The Balaban J connectivity index is 4.32. The molecular formula is C11H23ClOSn. The molecular weight excluding hydrogens is 302 g/mol. The molecule has 1 N–H and O–H groups in total. The SMILES string of the molecule is CCCC/C=[C](\CC(C)O)[Sn]([CH3])([CH3])[Cl]. The third kappa shape index (κ3) is 7.13. The van der Waals surface area contributed by atoms with E-state index < -0.39 is 17.3 Å². The quantitative estimate of drug-likeness (QED) is 0.581. The molecule has 0 fully saturated rings. The van der Waals surface area contributed by atoms with Crippen LogP contribution >= 0.6 is 8.92 Å². The van der Waals surface area contributed by atoms with Crippen LogP contribution in [0.4, 0.5) is 0 Å². The number of halogens is 1. The van der Waals surface area contributed by atoms with Crippen molar-refractivity contribution in [1.82, 2.24) is 0 Å². The van der Waals surface area contributed by atoms with E-state index in [1.54, 1.807) is 0 Å². The summed E-state index contributed by atoms with van der Waals surface area (Å²) in [7, 11) is 6.45. The summed E-state index contributed by atoms with van der Waals surface area (Å²) in [5.74, 6) is 0. The van der Waals surface area contributed by atoms with Crippen LogP contribution in [-0.4, -0.2) is 28.5 Å². The summed E-state index contributed by atoms with van der Waals surface area (Å²) in [6.45, 7) is 4.03. The maximum atomic E-state index is 9.38. The van der Waals surface area contributed by atoms with Gasteiger partial charge in [-0.05, 0) is 0 Å². The predicted molar refractivity (Wildman–Crippen MR) is 67.2 cm³/mol. The molecule has 1 atom stereocenters. The molecule has 0 aliphatic heterocycles. The van der Waals surface area contributed by atoms with Gasteiger partial charge in [0.2, 0.25) is 0 Å². The monoisotopic (exact) mass is 326 g/mol. The van der Waals surface area contributed by atoms with Gasteiger partial charge in [0, 0.05) is 0 Å². The summed E-state index contributed by atoms with van der Waals surface area (Å²) in [5, 5.41) is 9.38. The Hall–Kier alpha value is 0.789. The zero-order valence-electron chi connectivity index (χ0n) is 9.81. The van der Waals surface area contributed by atoms with Gasteiger partial charge in [-0.1, -0.05) is 0 Å². The first kappa shape index (κ1) is 14.8. The summed E-state index contributed by atoms with van der Waals surface area (Å²) in [6.07, 6.45) is 6.36. The number of unbranched alkanes of at least 4 members (excludes halogenated alkanes) is 2. The number of aliphatic hydroxyl groups excluding tert-OH is 1. The molecule has 0 radical (unpaired) electrons. The topological polar surface area (TPSA) is 20.2 Å². The van der Waals surface area contributed by atoms with E-state index >= 15 is 0 Å². The van der Waals surface area contributed by atoms with Crippen molar-refractivity contribution in [2.45, 2.75) is 55.5 Å². The second-order valence-corrected chi connectivity index (χ2v) is 21.0. The summed E-state index contributed by atoms with van der Waals surface area (Å²) >= 11 is -2.44. The summed E-state index contributed by atoms with van der Waals surface area (Å²) in [5.41, 5.74) is 0. The Morgan fingerprint density at radius 2 is 2.07 bits per heavy atom. The van der Waals surface area contributed by atoms with Crippen molar-refractivity contribution < 1.29 is 5.11 Å². The third-order valence-electron chi connectivity index (χ3n) is 2.23. The molecule has 14 heavy (non-hydrogen) atoms. The molecule has 0 spiro atoms. The average Bonchev–Trinajstić information content (AvgIpc) is 2.00. The van der Waals surface area contributed by atoms with Gasteiger partial charge in [-0.3, -0.25) is 0 Å². The minimum atomic E-state index is -2.44. The van der Waals surface area contributed by atoms with Crippen LogP contribution in [0.2, 0.25) is 9.88 Å². The van der Waals surface area contributed by atoms with E-state index in [0.29, 0.717) is 0 Å². The molecule has 3 heteroatoms. The first-order chi connectivity index (χ1) is 6.38. The van der Waals surface area contributed by atoms with Gasteiger partial charge in [-0.25, -0.2) is 0 Å². The van der Waals surface area contributed by atoms with Gasteiger partial charge in [0.05, 0.1) is 0 Å². The Kier molecular flexibility index (Phi) is 7.53. The van der Waals surface area contributed by atoms with Crippen molar-refractivity contribution in [3.05, 3.63) is 9.67 Å². The fraction of sp³-hybridized carbons (Fsp3) is 0.818.